The number of nitrogens with one attached hydrogen (secondary N) is 1. The number of ether oxygens (including phenoxy) is 1. The predicted molar refractivity (Wildman–Crippen MR) is 80.9 cm³/mol. The van der Waals surface area contributed by atoms with Gasteiger partial charge >= 0.3 is 0 Å². The lowest BCUT2D eigenvalue weighted by molar-refractivity contribution is 0.0276. The Kier molecular flexibility index (Phi) is 4.01. The molecule has 1 aromatic carbocycles. The molecular weight excluding hydrogens is 264 g/mol. The first-order valence-corrected chi connectivity index (χ1v) is 7.23. The number of benzene rings is 1. The Balaban J connectivity index is 1.83. The predicted octanol–water partition coefficient (Wildman–Crippen LogP) is 2.00. The molecule has 0 amide bonds. The smallest absolute Gasteiger partial charge is 0.113 e. The first-order chi connectivity index (χ1) is 10.2. The standard InChI is InChI=1S/C17H20N2O2/c1-17(20,15-3-2-8-18-11-15)14-6-4-13(5-7-14)16-12-19-9-10-21-16/h2-8,11,16,19-20H,9-10,12H2,1H3. The number of hydrogen-bond acceptors (Lipinski definition) is 4. The minimum Gasteiger partial charge on any atom is -0.381 e. The topological polar surface area (TPSA) is 54.4 Å². The summed E-state index contributed by atoms with van der Waals surface area (Å²) in [4.78, 5) is 4.08. The summed E-state index contributed by atoms with van der Waals surface area (Å²) in [6.45, 7) is 4.26. The zero-order valence-corrected chi connectivity index (χ0v) is 12.1. The van der Waals surface area contributed by atoms with E-state index < -0.39 is 5.60 Å². The molecule has 0 aliphatic carbocycles. The Labute approximate surface area is 124 Å². The Morgan fingerprint density at radius 2 is 2.05 bits per heavy atom. The summed E-state index contributed by atoms with van der Waals surface area (Å²) in [7, 11) is 0. The van der Waals surface area contributed by atoms with Crippen LogP contribution in [0.25, 0.3) is 0 Å². The van der Waals surface area contributed by atoms with Gasteiger partial charge in [0.05, 0.1) is 12.7 Å². The van der Waals surface area contributed by atoms with Crippen LogP contribution in [0.1, 0.15) is 29.7 Å². The molecule has 0 bridgehead atoms. The van der Waals surface area contributed by atoms with Gasteiger partial charge in [-0.05, 0) is 24.1 Å². The van der Waals surface area contributed by atoms with E-state index in [1.54, 1.807) is 19.3 Å². The van der Waals surface area contributed by atoms with Crippen molar-refractivity contribution < 1.29 is 9.84 Å². The maximum Gasteiger partial charge on any atom is 0.113 e. The van der Waals surface area contributed by atoms with E-state index in [-0.39, 0.29) is 6.10 Å². The molecule has 1 aliphatic rings. The molecule has 1 aliphatic heterocycles. The lowest BCUT2D eigenvalue weighted by atomic mass is 9.88. The number of aromatic nitrogens is 1. The van der Waals surface area contributed by atoms with Crippen LogP contribution < -0.4 is 5.32 Å². The van der Waals surface area contributed by atoms with Crippen molar-refractivity contribution in [2.45, 2.75) is 18.6 Å². The summed E-state index contributed by atoms with van der Waals surface area (Å²) in [5, 5.41) is 14.1. The molecule has 4 nitrogen and oxygen atoms in total. The quantitative estimate of drug-likeness (QED) is 0.905. The normalized spacial score (nSPS) is 21.7. The van der Waals surface area contributed by atoms with Crippen LogP contribution in [0.15, 0.2) is 48.8 Å². The Morgan fingerprint density at radius 3 is 2.67 bits per heavy atom. The van der Waals surface area contributed by atoms with E-state index in [1.165, 1.54) is 0 Å². The van der Waals surface area contributed by atoms with E-state index in [9.17, 15) is 5.11 Å². The van der Waals surface area contributed by atoms with E-state index in [0.717, 1.165) is 36.4 Å². The van der Waals surface area contributed by atoms with Crippen molar-refractivity contribution in [2.75, 3.05) is 19.7 Å². The molecule has 1 saturated heterocycles. The second kappa shape index (κ2) is 5.93. The molecule has 1 fully saturated rings. The number of hydrogen-bond donors (Lipinski definition) is 2. The molecule has 1 aromatic heterocycles. The van der Waals surface area contributed by atoms with Gasteiger partial charge in [-0.15, -0.1) is 0 Å². The number of rotatable bonds is 3. The van der Waals surface area contributed by atoms with Crippen molar-refractivity contribution in [1.82, 2.24) is 10.3 Å². The van der Waals surface area contributed by atoms with Crippen molar-refractivity contribution in [3.8, 4) is 0 Å². The SMILES string of the molecule is CC(O)(c1ccc(C2CNCCO2)cc1)c1cccnc1. The Bertz CT molecular complexity index is 575. The molecule has 21 heavy (non-hydrogen) atoms. The Morgan fingerprint density at radius 1 is 1.24 bits per heavy atom. The van der Waals surface area contributed by atoms with Gasteiger partial charge in [0, 0.05) is 31.0 Å². The summed E-state index contributed by atoms with van der Waals surface area (Å²) in [6.07, 6.45) is 3.49. The van der Waals surface area contributed by atoms with E-state index in [2.05, 4.69) is 10.3 Å². The van der Waals surface area contributed by atoms with Gasteiger partial charge in [-0.3, -0.25) is 4.98 Å². The van der Waals surface area contributed by atoms with Crippen LogP contribution in [0, 0.1) is 0 Å². The highest BCUT2D eigenvalue weighted by Gasteiger charge is 2.26. The van der Waals surface area contributed by atoms with Crippen LogP contribution in [0.3, 0.4) is 0 Å². The van der Waals surface area contributed by atoms with Crippen molar-refractivity contribution in [3.63, 3.8) is 0 Å². The van der Waals surface area contributed by atoms with Crippen LogP contribution in [0.4, 0.5) is 0 Å². The monoisotopic (exact) mass is 284 g/mol. The largest absolute Gasteiger partial charge is 0.381 e. The average molecular weight is 284 g/mol. The van der Waals surface area contributed by atoms with Gasteiger partial charge in [0.15, 0.2) is 0 Å². The summed E-state index contributed by atoms with van der Waals surface area (Å²) in [5.41, 5.74) is 1.72. The second-order valence-electron chi connectivity index (χ2n) is 5.50. The highest BCUT2D eigenvalue weighted by atomic mass is 16.5. The fourth-order valence-electron chi connectivity index (χ4n) is 2.62. The fraction of sp³-hybridized carbons (Fsp3) is 0.353. The Hall–Kier alpha value is -1.75. The minimum atomic E-state index is -1.04. The summed E-state index contributed by atoms with van der Waals surface area (Å²) in [6, 6.07) is 11.7. The minimum absolute atomic E-state index is 0.0936. The van der Waals surface area contributed by atoms with E-state index in [1.807, 2.05) is 36.4 Å². The molecule has 0 saturated carbocycles. The van der Waals surface area contributed by atoms with Crippen molar-refractivity contribution >= 4 is 0 Å². The highest BCUT2D eigenvalue weighted by Crippen LogP contribution is 2.29. The summed E-state index contributed by atoms with van der Waals surface area (Å²) < 4.78 is 5.74. The third-order valence-electron chi connectivity index (χ3n) is 4.00. The van der Waals surface area contributed by atoms with Gasteiger partial charge in [-0.25, -0.2) is 0 Å². The third-order valence-corrected chi connectivity index (χ3v) is 4.00. The lowest BCUT2D eigenvalue weighted by Crippen LogP contribution is -2.33. The molecule has 0 spiro atoms. The zero-order chi connectivity index (χ0) is 14.7. The molecule has 2 atom stereocenters. The maximum atomic E-state index is 10.8. The first kappa shape index (κ1) is 14.2. The molecule has 2 heterocycles. The summed E-state index contributed by atoms with van der Waals surface area (Å²) >= 11 is 0. The zero-order valence-electron chi connectivity index (χ0n) is 12.1. The highest BCUT2D eigenvalue weighted by molar-refractivity contribution is 5.35. The van der Waals surface area contributed by atoms with Gasteiger partial charge in [0.1, 0.15) is 5.60 Å². The van der Waals surface area contributed by atoms with Crippen LogP contribution in [-0.4, -0.2) is 29.8 Å². The maximum absolute atomic E-state index is 10.8. The van der Waals surface area contributed by atoms with Crippen LogP contribution in [-0.2, 0) is 10.3 Å². The first-order valence-electron chi connectivity index (χ1n) is 7.23. The lowest BCUT2D eigenvalue weighted by Gasteiger charge is -2.26. The molecule has 4 heteroatoms. The van der Waals surface area contributed by atoms with Crippen LogP contribution in [0.5, 0.6) is 0 Å². The number of aliphatic hydroxyl groups is 1. The van der Waals surface area contributed by atoms with Crippen molar-refractivity contribution in [1.29, 1.82) is 0 Å². The molecule has 2 aromatic rings. The number of morpholine rings is 1. The van der Waals surface area contributed by atoms with E-state index in [4.69, 9.17) is 4.74 Å². The molecular formula is C17H20N2O2. The van der Waals surface area contributed by atoms with Gasteiger partial charge in [-0.1, -0.05) is 30.3 Å². The second-order valence-corrected chi connectivity index (χ2v) is 5.50. The van der Waals surface area contributed by atoms with Crippen LogP contribution >= 0.6 is 0 Å². The fourth-order valence-corrected chi connectivity index (χ4v) is 2.62. The molecule has 2 N–H and O–H groups in total. The van der Waals surface area contributed by atoms with E-state index >= 15 is 0 Å². The van der Waals surface area contributed by atoms with Gasteiger partial charge in [-0.2, -0.15) is 0 Å². The van der Waals surface area contributed by atoms with Gasteiger partial charge in [0.25, 0.3) is 0 Å². The molecule has 110 valence electrons. The average Bonchev–Trinajstić information content (AvgIpc) is 2.57. The molecule has 3 rings (SSSR count). The summed E-state index contributed by atoms with van der Waals surface area (Å²) in [5.74, 6) is 0. The van der Waals surface area contributed by atoms with Crippen molar-refractivity contribution in [3.05, 3.63) is 65.5 Å². The van der Waals surface area contributed by atoms with Crippen LogP contribution in [0.2, 0.25) is 0 Å². The van der Waals surface area contributed by atoms with Crippen molar-refractivity contribution in [2.24, 2.45) is 0 Å². The van der Waals surface area contributed by atoms with E-state index in [0.29, 0.717) is 0 Å². The number of nitrogens with zero attached hydrogens (tertiary/aromatic N) is 1. The van der Waals surface area contributed by atoms with Gasteiger partial charge < -0.3 is 15.2 Å². The molecule has 2 unspecified atom stereocenters. The molecule has 0 radical (unpaired) electrons. The number of pyridine rings is 1. The van der Waals surface area contributed by atoms with Gasteiger partial charge in [0.2, 0.25) is 0 Å². The third kappa shape index (κ3) is 2.97.